The van der Waals surface area contributed by atoms with E-state index in [0.717, 1.165) is 0 Å². The molecule has 0 N–H and O–H groups in total. The summed E-state index contributed by atoms with van der Waals surface area (Å²) in [5.41, 5.74) is 0.545. The number of piperazine rings is 1. The normalized spacial score (nSPS) is 15.3. The van der Waals surface area contributed by atoms with E-state index in [9.17, 15) is 14.0 Å². The van der Waals surface area contributed by atoms with Crippen molar-refractivity contribution in [3.8, 4) is 5.75 Å². The Bertz CT molecular complexity index is 789. The fraction of sp³-hybridized carbons (Fsp3) is 0.333. The maximum absolute atomic E-state index is 13.8. The Morgan fingerprint density at radius 2 is 1.56 bits per heavy atom. The van der Waals surface area contributed by atoms with E-state index in [0.29, 0.717) is 43.9 Å². The van der Waals surface area contributed by atoms with Crippen LogP contribution in [0, 0.1) is 11.7 Å². The molecule has 0 bridgehead atoms. The van der Waals surface area contributed by atoms with E-state index in [1.54, 1.807) is 52.3 Å². The van der Waals surface area contributed by atoms with Gasteiger partial charge in [0.05, 0.1) is 0 Å². The monoisotopic (exact) mass is 370 g/mol. The number of amides is 2. The van der Waals surface area contributed by atoms with Crippen LogP contribution in [0.25, 0.3) is 0 Å². The van der Waals surface area contributed by atoms with Crippen molar-refractivity contribution in [2.24, 2.45) is 5.92 Å². The standard InChI is InChI=1S/C21H23FN2O3/c1-16(15-17-7-5-6-10-19(17)22)20(25)23-11-13-24(14-12-23)21(26)27-18-8-3-2-4-9-18/h2-10,16H,11-15H2,1H3. The van der Waals surface area contributed by atoms with Crippen LogP contribution in [0.1, 0.15) is 12.5 Å². The summed E-state index contributed by atoms with van der Waals surface area (Å²) in [7, 11) is 0. The minimum absolute atomic E-state index is 0.0191. The van der Waals surface area contributed by atoms with Gasteiger partial charge in [-0.05, 0) is 30.2 Å². The Balaban J connectivity index is 1.50. The van der Waals surface area contributed by atoms with Crippen molar-refractivity contribution in [3.05, 3.63) is 66.0 Å². The minimum atomic E-state index is -0.410. The fourth-order valence-corrected chi connectivity index (χ4v) is 3.16. The van der Waals surface area contributed by atoms with Gasteiger partial charge in [-0.1, -0.05) is 43.3 Å². The van der Waals surface area contributed by atoms with Gasteiger partial charge in [-0.25, -0.2) is 9.18 Å². The first kappa shape index (κ1) is 18.9. The first-order valence-corrected chi connectivity index (χ1v) is 9.08. The van der Waals surface area contributed by atoms with Gasteiger partial charge in [0, 0.05) is 32.1 Å². The first-order valence-electron chi connectivity index (χ1n) is 9.08. The van der Waals surface area contributed by atoms with Crippen LogP contribution in [0.2, 0.25) is 0 Å². The van der Waals surface area contributed by atoms with Crippen LogP contribution in [0.15, 0.2) is 54.6 Å². The molecule has 0 spiro atoms. The van der Waals surface area contributed by atoms with Crippen LogP contribution in [0.4, 0.5) is 9.18 Å². The largest absolute Gasteiger partial charge is 0.415 e. The van der Waals surface area contributed by atoms with Crippen molar-refractivity contribution in [2.45, 2.75) is 13.3 Å². The van der Waals surface area contributed by atoms with Gasteiger partial charge < -0.3 is 14.5 Å². The number of para-hydroxylation sites is 1. The molecule has 1 heterocycles. The molecule has 27 heavy (non-hydrogen) atoms. The molecule has 3 rings (SSSR count). The van der Waals surface area contributed by atoms with E-state index >= 15 is 0 Å². The quantitative estimate of drug-likeness (QED) is 0.829. The zero-order chi connectivity index (χ0) is 19.2. The molecular formula is C21H23FN2O3. The molecular weight excluding hydrogens is 347 g/mol. The fourth-order valence-electron chi connectivity index (χ4n) is 3.16. The summed E-state index contributed by atoms with van der Waals surface area (Å²) >= 11 is 0. The highest BCUT2D eigenvalue weighted by atomic mass is 19.1. The van der Waals surface area contributed by atoms with Gasteiger partial charge in [-0.2, -0.15) is 0 Å². The number of ether oxygens (including phenoxy) is 1. The number of halogens is 1. The molecule has 1 saturated heterocycles. The maximum Gasteiger partial charge on any atom is 0.415 e. The molecule has 142 valence electrons. The molecule has 0 aliphatic carbocycles. The number of hydrogen-bond donors (Lipinski definition) is 0. The molecule has 5 nitrogen and oxygen atoms in total. The van der Waals surface area contributed by atoms with Crippen LogP contribution < -0.4 is 4.74 Å². The number of benzene rings is 2. The predicted molar refractivity (Wildman–Crippen MR) is 99.9 cm³/mol. The van der Waals surface area contributed by atoms with E-state index in [1.807, 2.05) is 13.0 Å². The van der Waals surface area contributed by atoms with Gasteiger partial charge in [0.2, 0.25) is 5.91 Å². The van der Waals surface area contributed by atoms with E-state index in [4.69, 9.17) is 4.74 Å². The third-order valence-electron chi connectivity index (χ3n) is 4.70. The average Bonchev–Trinajstić information content (AvgIpc) is 2.70. The second kappa shape index (κ2) is 8.66. The number of carbonyl (C=O) groups is 2. The molecule has 1 unspecified atom stereocenters. The van der Waals surface area contributed by atoms with E-state index in [-0.39, 0.29) is 17.6 Å². The Hall–Kier alpha value is -2.89. The van der Waals surface area contributed by atoms with Crippen molar-refractivity contribution in [1.82, 2.24) is 9.80 Å². The van der Waals surface area contributed by atoms with Crippen molar-refractivity contribution in [1.29, 1.82) is 0 Å². The molecule has 2 aromatic carbocycles. The molecule has 0 aromatic heterocycles. The van der Waals surface area contributed by atoms with Gasteiger partial charge >= 0.3 is 6.09 Å². The van der Waals surface area contributed by atoms with Crippen LogP contribution in [0.5, 0.6) is 5.75 Å². The van der Waals surface area contributed by atoms with E-state index in [1.165, 1.54) is 6.07 Å². The third-order valence-corrected chi connectivity index (χ3v) is 4.70. The molecule has 2 aromatic rings. The van der Waals surface area contributed by atoms with Crippen molar-refractivity contribution >= 4 is 12.0 Å². The number of carbonyl (C=O) groups excluding carboxylic acids is 2. The zero-order valence-corrected chi connectivity index (χ0v) is 15.3. The minimum Gasteiger partial charge on any atom is -0.410 e. The van der Waals surface area contributed by atoms with Crippen LogP contribution in [0.3, 0.4) is 0 Å². The smallest absolute Gasteiger partial charge is 0.410 e. The Morgan fingerprint density at radius 1 is 0.963 bits per heavy atom. The molecule has 1 aliphatic rings. The Morgan fingerprint density at radius 3 is 2.22 bits per heavy atom. The van der Waals surface area contributed by atoms with Crippen LogP contribution in [-0.4, -0.2) is 48.0 Å². The molecule has 0 radical (unpaired) electrons. The summed E-state index contributed by atoms with van der Waals surface area (Å²) in [6.45, 7) is 3.55. The number of nitrogens with zero attached hydrogens (tertiary/aromatic N) is 2. The summed E-state index contributed by atoms with van der Waals surface area (Å²) in [5.74, 6) is -0.121. The lowest BCUT2D eigenvalue weighted by molar-refractivity contribution is -0.136. The van der Waals surface area contributed by atoms with Crippen LogP contribution >= 0.6 is 0 Å². The Labute approximate surface area is 158 Å². The molecule has 1 aliphatic heterocycles. The summed E-state index contributed by atoms with van der Waals surface area (Å²) in [4.78, 5) is 28.2. The lowest BCUT2D eigenvalue weighted by Gasteiger charge is -2.35. The Kier molecular flexibility index (Phi) is 6.06. The molecule has 1 fully saturated rings. The lowest BCUT2D eigenvalue weighted by Crippen LogP contribution is -2.52. The number of hydrogen-bond acceptors (Lipinski definition) is 3. The van der Waals surface area contributed by atoms with Crippen LogP contribution in [-0.2, 0) is 11.2 Å². The summed E-state index contributed by atoms with van der Waals surface area (Å²) in [5, 5.41) is 0. The third kappa shape index (κ3) is 4.84. The highest BCUT2D eigenvalue weighted by Crippen LogP contribution is 2.17. The summed E-state index contributed by atoms with van der Waals surface area (Å²) < 4.78 is 19.1. The van der Waals surface area contributed by atoms with Crippen molar-refractivity contribution in [3.63, 3.8) is 0 Å². The second-order valence-corrected chi connectivity index (χ2v) is 6.69. The van der Waals surface area contributed by atoms with E-state index in [2.05, 4.69) is 0 Å². The maximum atomic E-state index is 13.8. The number of rotatable bonds is 4. The lowest BCUT2D eigenvalue weighted by atomic mass is 9.99. The van der Waals surface area contributed by atoms with Gasteiger partial charge in [0.1, 0.15) is 11.6 Å². The van der Waals surface area contributed by atoms with Crippen molar-refractivity contribution in [2.75, 3.05) is 26.2 Å². The highest BCUT2D eigenvalue weighted by molar-refractivity contribution is 5.79. The predicted octanol–water partition coefficient (Wildman–Crippen LogP) is 3.35. The SMILES string of the molecule is CC(Cc1ccccc1F)C(=O)N1CCN(C(=O)Oc2ccccc2)CC1. The molecule has 6 heteroatoms. The van der Waals surface area contributed by atoms with Gasteiger partial charge in [-0.3, -0.25) is 4.79 Å². The van der Waals surface area contributed by atoms with Crippen molar-refractivity contribution < 1.29 is 18.7 Å². The second-order valence-electron chi connectivity index (χ2n) is 6.69. The zero-order valence-electron chi connectivity index (χ0n) is 15.3. The highest BCUT2D eigenvalue weighted by Gasteiger charge is 2.28. The van der Waals surface area contributed by atoms with Gasteiger partial charge in [0.25, 0.3) is 0 Å². The average molecular weight is 370 g/mol. The molecule has 1 atom stereocenters. The molecule has 0 saturated carbocycles. The summed E-state index contributed by atoms with van der Waals surface area (Å²) in [6.07, 6.45) is -0.0467. The molecule has 2 amide bonds. The van der Waals surface area contributed by atoms with Gasteiger partial charge in [-0.15, -0.1) is 0 Å². The topological polar surface area (TPSA) is 49.9 Å². The van der Waals surface area contributed by atoms with Gasteiger partial charge in [0.15, 0.2) is 0 Å². The first-order chi connectivity index (χ1) is 13.0. The summed E-state index contributed by atoms with van der Waals surface area (Å²) in [6, 6.07) is 15.4. The van der Waals surface area contributed by atoms with E-state index < -0.39 is 6.09 Å².